The summed E-state index contributed by atoms with van der Waals surface area (Å²) >= 11 is 0. The van der Waals surface area contributed by atoms with Gasteiger partial charge in [-0.15, -0.1) is 0 Å². The standard InChI is InChI=1S/C16H23N3O/c17-16(20)13-5-7-15(8-6-13)19(10-12-3-4-12)11-14-2-1-9-18-14/h5-8,12,14,18H,1-4,9-11H2,(H2,17,20). The van der Waals surface area contributed by atoms with Crippen molar-refractivity contribution in [3.05, 3.63) is 29.8 Å². The number of carbonyl (C=O) groups excluding carboxylic acids is 1. The van der Waals surface area contributed by atoms with Crippen LogP contribution in [0.5, 0.6) is 0 Å². The molecule has 0 bridgehead atoms. The molecule has 4 nitrogen and oxygen atoms in total. The van der Waals surface area contributed by atoms with E-state index >= 15 is 0 Å². The Morgan fingerprint density at radius 1 is 1.20 bits per heavy atom. The van der Waals surface area contributed by atoms with Gasteiger partial charge in [0.05, 0.1) is 0 Å². The van der Waals surface area contributed by atoms with Gasteiger partial charge in [-0.3, -0.25) is 4.79 Å². The zero-order valence-corrected chi connectivity index (χ0v) is 11.8. The lowest BCUT2D eigenvalue weighted by Crippen LogP contribution is -2.38. The highest BCUT2D eigenvalue weighted by Crippen LogP contribution is 2.31. The number of primary amides is 1. The molecule has 1 aromatic carbocycles. The molecule has 1 aliphatic carbocycles. The smallest absolute Gasteiger partial charge is 0.248 e. The first-order valence-electron chi connectivity index (χ1n) is 7.60. The second kappa shape index (κ2) is 5.83. The number of benzene rings is 1. The summed E-state index contributed by atoms with van der Waals surface area (Å²) < 4.78 is 0. The highest BCUT2D eigenvalue weighted by molar-refractivity contribution is 5.93. The number of amides is 1. The lowest BCUT2D eigenvalue weighted by molar-refractivity contribution is 0.100. The van der Waals surface area contributed by atoms with E-state index in [1.165, 1.54) is 31.4 Å². The number of nitrogens with two attached hydrogens (primary N) is 1. The summed E-state index contributed by atoms with van der Waals surface area (Å²) in [5.74, 6) is 0.495. The number of nitrogens with one attached hydrogen (secondary N) is 1. The third-order valence-corrected chi connectivity index (χ3v) is 4.30. The quantitative estimate of drug-likeness (QED) is 0.830. The predicted octanol–water partition coefficient (Wildman–Crippen LogP) is 1.75. The van der Waals surface area contributed by atoms with Crippen LogP contribution in [0.3, 0.4) is 0 Å². The minimum absolute atomic E-state index is 0.359. The van der Waals surface area contributed by atoms with Crippen molar-refractivity contribution in [2.45, 2.75) is 31.7 Å². The van der Waals surface area contributed by atoms with E-state index in [4.69, 9.17) is 5.73 Å². The van der Waals surface area contributed by atoms with Gasteiger partial charge in [0, 0.05) is 30.4 Å². The van der Waals surface area contributed by atoms with Gasteiger partial charge >= 0.3 is 0 Å². The fourth-order valence-electron chi connectivity index (χ4n) is 2.91. The van der Waals surface area contributed by atoms with Crippen LogP contribution in [0.4, 0.5) is 5.69 Å². The van der Waals surface area contributed by atoms with E-state index in [9.17, 15) is 4.79 Å². The van der Waals surface area contributed by atoms with E-state index in [0.29, 0.717) is 11.6 Å². The molecular weight excluding hydrogens is 250 g/mol. The fraction of sp³-hybridized carbons (Fsp3) is 0.562. The fourth-order valence-corrected chi connectivity index (χ4v) is 2.91. The molecule has 2 aliphatic rings. The Kier molecular flexibility index (Phi) is 3.92. The van der Waals surface area contributed by atoms with Gasteiger partial charge in [-0.25, -0.2) is 0 Å². The molecule has 4 heteroatoms. The molecule has 3 rings (SSSR count). The molecule has 1 saturated heterocycles. The van der Waals surface area contributed by atoms with Crippen molar-refractivity contribution in [1.82, 2.24) is 5.32 Å². The van der Waals surface area contributed by atoms with Gasteiger partial charge in [0.1, 0.15) is 0 Å². The minimum Gasteiger partial charge on any atom is -0.370 e. The molecule has 0 spiro atoms. The van der Waals surface area contributed by atoms with Gasteiger partial charge in [0.25, 0.3) is 0 Å². The van der Waals surface area contributed by atoms with E-state index in [0.717, 1.165) is 25.6 Å². The summed E-state index contributed by atoms with van der Waals surface area (Å²) in [5, 5.41) is 3.56. The summed E-state index contributed by atoms with van der Waals surface area (Å²) in [6.45, 7) is 3.34. The van der Waals surface area contributed by atoms with Crippen LogP contribution in [0.1, 0.15) is 36.0 Å². The molecule has 108 valence electrons. The van der Waals surface area contributed by atoms with Gasteiger partial charge < -0.3 is 16.0 Å². The van der Waals surface area contributed by atoms with Crippen LogP contribution in [-0.2, 0) is 0 Å². The van der Waals surface area contributed by atoms with Crippen LogP contribution in [0.15, 0.2) is 24.3 Å². The second-order valence-electron chi connectivity index (χ2n) is 6.05. The molecule has 0 aromatic heterocycles. The van der Waals surface area contributed by atoms with Crippen molar-refractivity contribution < 1.29 is 4.79 Å². The van der Waals surface area contributed by atoms with Crippen LogP contribution in [0, 0.1) is 5.92 Å². The Labute approximate surface area is 120 Å². The molecule has 1 aromatic rings. The molecule has 1 unspecified atom stereocenters. The molecule has 1 amide bonds. The monoisotopic (exact) mass is 273 g/mol. The third kappa shape index (κ3) is 3.31. The molecule has 0 radical (unpaired) electrons. The van der Waals surface area contributed by atoms with Gasteiger partial charge in [-0.2, -0.15) is 0 Å². The average molecular weight is 273 g/mol. The van der Waals surface area contributed by atoms with Gasteiger partial charge in [0.2, 0.25) is 5.91 Å². The van der Waals surface area contributed by atoms with Crippen molar-refractivity contribution in [1.29, 1.82) is 0 Å². The van der Waals surface area contributed by atoms with Crippen molar-refractivity contribution in [3.8, 4) is 0 Å². The van der Waals surface area contributed by atoms with Crippen molar-refractivity contribution >= 4 is 11.6 Å². The largest absolute Gasteiger partial charge is 0.370 e. The van der Waals surface area contributed by atoms with Crippen molar-refractivity contribution in [3.63, 3.8) is 0 Å². The Balaban J connectivity index is 1.70. The summed E-state index contributed by atoms with van der Waals surface area (Å²) in [6, 6.07) is 8.32. The van der Waals surface area contributed by atoms with E-state index in [2.05, 4.69) is 10.2 Å². The Morgan fingerprint density at radius 3 is 2.50 bits per heavy atom. The number of hydrogen-bond donors (Lipinski definition) is 2. The lowest BCUT2D eigenvalue weighted by atomic mass is 10.1. The summed E-state index contributed by atoms with van der Waals surface area (Å²) in [7, 11) is 0. The van der Waals surface area contributed by atoms with Crippen LogP contribution < -0.4 is 16.0 Å². The SMILES string of the molecule is NC(=O)c1ccc(N(CC2CC2)CC2CCCN2)cc1. The van der Waals surface area contributed by atoms with E-state index in [1.807, 2.05) is 24.3 Å². The maximum atomic E-state index is 11.1. The highest BCUT2D eigenvalue weighted by Gasteiger charge is 2.26. The van der Waals surface area contributed by atoms with Gasteiger partial charge in [0.15, 0.2) is 0 Å². The second-order valence-corrected chi connectivity index (χ2v) is 6.05. The first kappa shape index (κ1) is 13.4. The lowest BCUT2D eigenvalue weighted by Gasteiger charge is -2.28. The van der Waals surface area contributed by atoms with E-state index in [1.54, 1.807) is 0 Å². The zero-order valence-electron chi connectivity index (χ0n) is 11.8. The maximum absolute atomic E-state index is 11.1. The van der Waals surface area contributed by atoms with Crippen molar-refractivity contribution in [2.24, 2.45) is 11.7 Å². The Morgan fingerprint density at radius 2 is 1.95 bits per heavy atom. The third-order valence-electron chi connectivity index (χ3n) is 4.30. The predicted molar refractivity (Wildman–Crippen MR) is 80.9 cm³/mol. The zero-order chi connectivity index (χ0) is 13.9. The van der Waals surface area contributed by atoms with Crippen LogP contribution in [-0.4, -0.2) is 31.6 Å². The van der Waals surface area contributed by atoms with Gasteiger partial charge in [-0.1, -0.05) is 0 Å². The minimum atomic E-state index is -0.359. The molecule has 1 heterocycles. The molecular formula is C16H23N3O. The summed E-state index contributed by atoms with van der Waals surface area (Å²) in [4.78, 5) is 13.6. The molecule has 20 heavy (non-hydrogen) atoms. The number of hydrogen-bond acceptors (Lipinski definition) is 3. The first-order valence-corrected chi connectivity index (χ1v) is 7.60. The first-order chi connectivity index (χ1) is 9.72. The van der Waals surface area contributed by atoms with Crippen LogP contribution in [0.2, 0.25) is 0 Å². The Bertz CT molecular complexity index is 461. The van der Waals surface area contributed by atoms with Crippen molar-refractivity contribution in [2.75, 3.05) is 24.5 Å². The molecule has 1 atom stereocenters. The summed E-state index contributed by atoms with van der Waals surface area (Å²) in [5.41, 5.74) is 7.09. The number of anilines is 1. The maximum Gasteiger partial charge on any atom is 0.248 e. The molecule has 1 aliphatic heterocycles. The Hall–Kier alpha value is -1.55. The van der Waals surface area contributed by atoms with E-state index in [-0.39, 0.29) is 5.91 Å². The molecule has 2 fully saturated rings. The van der Waals surface area contributed by atoms with Gasteiger partial charge in [-0.05, 0) is 62.4 Å². The van der Waals surface area contributed by atoms with Crippen LogP contribution in [0.25, 0.3) is 0 Å². The topological polar surface area (TPSA) is 58.4 Å². The molecule has 3 N–H and O–H groups in total. The average Bonchev–Trinajstić information content (AvgIpc) is 3.12. The molecule has 1 saturated carbocycles. The highest BCUT2D eigenvalue weighted by atomic mass is 16.1. The summed E-state index contributed by atoms with van der Waals surface area (Å²) in [6.07, 6.45) is 5.25. The van der Waals surface area contributed by atoms with Crippen LogP contribution >= 0.6 is 0 Å². The normalized spacial score (nSPS) is 21.9. The number of nitrogens with zero attached hydrogens (tertiary/aromatic N) is 1. The number of carbonyl (C=O) groups is 1. The number of rotatable bonds is 6. The van der Waals surface area contributed by atoms with E-state index < -0.39 is 0 Å².